The Morgan fingerprint density at radius 3 is 2.57 bits per heavy atom. The Kier molecular flexibility index (Phi) is 5.44. The van der Waals surface area contributed by atoms with Crippen LogP contribution in [0.4, 0.5) is 0 Å². The van der Waals surface area contributed by atoms with Gasteiger partial charge in [0, 0.05) is 16.5 Å². The van der Waals surface area contributed by atoms with E-state index in [-0.39, 0.29) is 5.69 Å². The molecule has 30 heavy (non-hydrogen) atoms. The van der Waals surface area contributed by atoms with Gasteiger partial charge in [-0.25, -0.2) is 9.78 Å². The number of aliphatic hydroxyl groups excluding tert-OH is 1. The van der Waals surface area contributed by atoms with Crippen LogP contribution in [0.1, 0.15) is 27.8 Å². The van der Waals surface area contributed by atoms with Crippen molar-refractivity contribution in [3.63, 3.8) is 0 Å². The van der Waals surface area contributed by atoms with Gasteiger partial charge >= 0.3 is 5.97 Å². The normalized spacial score (nSPS) is 12.0. The molecule has 0 saturated heterocycles. The maximum Gasteiger partial charge on any atom is 0.356 e. The highest BCUT2D eigenvalue weighted by molar-refractivity contribution is 6.32. The van der Waals surface area contributed by atoms with Crippen LogP contribution >= 0.6 is 11.6 Å². The molecule has 0 spiro atoms. The van der Waals surface area contributed by atoms with Crippen molar-refractivity contribution < 1.29 is 19.4 Å². The van der Waals surface area contributed by atoms with E-state index in [2.05, 4.69) is 9.97 Å². The van der Waals surface area contributed by atoms with Gasteiger partial charge in [0.25, 0.3) is 0 Å². The third-order valence-electron chi connectivity index (χ3n) is 4.89. The van der Waals surface area contributed by atoms with Crippen molar-refractivity contribution in [2.75, 3.05) is 14.2 Å². The monoisotopic (exact) mass is 422 g/mol. The summed E-state index contributed by atoms with van der Waals surface area (Å²) < 4.78 is 10.1. The molecule has 4 aromatic rings. The van der Waals surface area contributed by atoms with Crippen molar-refractivity contribution in [1.29, 1.82) is 0 Å². The summed E-state index contributed by atoms with van der Waals surface area (Å²) in [4.78, 5) is 19.6. The quantitative estimate of drug-likeness (QED) is 0.453. The molecule has 2 heterocycles. The molecule has 0 aliphatic carbocycles. The second kappa shape index (κ2) is 8.18. The minimum Gasteiger partial charge on any atom is -0.495 e. The molecular weight excluding hydrogens is 404 g/mol. The number of hydrogen-bond acceptors (Lipinski definition) is 5. The SMILES string of the molecule is COC(=O)c1cccc(C(O)c2c(-c3ccccc3)[nH]c3cc(Cl)c(OC)cc23)n1. The first-order valence-electron chi connectivity index (χ1n) is 9.21. The number of benzene rings is 2. The predicted molar refractivity (Wildman–Crippen MR) is 115 cm³/mol. The molecule has 0 aliphatic rings. The average Bonchev–Trinajstić information content (AvgIpc) is 3.16. The van der Waals surface area contributed by atoms with Crippen LogP contribution < -0.4 is 4.74 Å². The molecule has 7 heteroatoms. The number of carbonyl (C=O) groups excluding carboxylic acids is 1. The molecule has 2 aromatic carbocycles. The summed E-state index contributed by atoms with van der Waals surface area (Å²) in [5.41, 5.74) is 3.42. The number of aliphatic hydroxyl groups is 1. The van der Waals surface area contributed by atoms with Crippen molar-refractivity contribution in [1.82, 2.24) is 9.97 Å². The topological polar surface area (TPSA) is 84.4 Å². The van der Waals surface area contributed by atoms with Gasteiger partial charge in [-0.1, -0.05) is 48.0 Å². The maximum absolute atomic E-state index is 11.9. The second-order valence-electron chi connectivity index (χ2n) is 6.65. The van der Waals surface area contributed by atoms with Crippen LogP contribution in [-0.2, 0) is 4.74 Å². The number of hydrogen-bond donors (Lipinski definition) is 2. The van der Waals surface area contributed by atoms with E-state index in [0.29, 0.717) is 22.0 Å². The molecule has 0 fully saturated rings. The number of carbonyl (C=O) groups is 1. The van der Waals surface area contributed by atoms with Crippen LogP contribution in [0.15, 0.2) is 60.7 Å². The van der Waals surface area contributed by atoms with Gasteiger partial charge < -0.3 is 19.6 Å². The molecule has 1 unspecified atom stereocenters. The summed E-state index contributed by atoms with van der Waals surface area (Å²) in [5.74, 6) is -0.0767. The standard InChI is InChI=1S/C23H19ClN2O4/c1-29-19-11-14-18(12-15(19)24)26-21(13-7-4-3-5-8-13)20(14)22(27)16-9-6-10-17(25-16)23(28)30-2/h3-12,22,26-27H,1-2H3. The number of ether oxygens (including phenoxy) is 2. The summed E-state index contributed by atoms with van der Waals surface area (Å²) in [6, 6.07) is 18.0. The molecule has 0 amide bonds. The molecule has 0 radical (unpaired) electrons. The van der Waals surface area contributed by atoms with Crippen molar-refractivity contribution in [3.05, 3.63) is 82.6 Å². The maximum atomic E-state index is 11.9. The number of esters is 1. The number of aromatic amines is 1. The predicted octanol–water partition coefficient (Wildman–Crippen LogP) is 4.76. The Morgan fingerprint density at radius 2 is 1.87 bits per heavy atom. The molecule has 1 atom stereocenters. The van der Waals surface area contributed by atoms with Crippen molar-refractivity contribution >= 4 is 28.5 Å². The average molecular weight is 423 g/mol. The molecular formula is C23H19ClN2O4. The smallest absolute Gasteiger partial charge is 0.356 e. The molecule has 4 rings (SSSR count). The highest BCUT2D eigenvalue weighted by Crippen LogP contribution is 2.40. The minimum atomic E-state index is -1.11. The summed E-state index contributed by atoms with van der Waals surface area (Å²) in [7, 11) is 2.83. The summed E-state index contributed by atoms with van der Waals surface area (Å²) >= 11 is 6.31. The summed E-state index contributed by atoms with van der Waals surface area (Å²) in [5, 5.41) is 12.5. The van der Waals surface area contributed by atoms with Gasteiger partial charge in [0.1, 0.15) is 17.5 Å². The zero-order chi connectivity index (χ0) is 21.3. The van der Waals surface area contributed by atoms with E-state index in [4.69, 9.17) is 21.1 Å². The molecule has 0 saturated carbocycles. The number of H-pyrrole nitrogens is 1. The van der Waals surface area contributed by atoms with E-state index < -0.39 is 12.1 Å². The molecule has 0 bridgehead atoms. The van der Waals surface area contributed by atoms with Crippen LogP contribution in [0, 0.1) is 0 Å². The van der Waals surface area contributed by atoms with Gasteiger partial charge in [0.15, 0.2) is 0 Å². The van der Waals surface area contributed by atoms with E-state index in [9.17, 15) is 9.90 Å². The number of halogens is 1. The lowest BCUT2D eigenvalue weighted by Crippen LogP contribution is -2.09. The van der Waals surface area contributed by atoms with E-state index in [1.54, 1.807) is 24.3 Å². The lowest BCUT2D eigenvalue weighted by atomic mass is 9.98. The molecule has 2 aromatic heterocycles. The first-order valence-corrected chi connectivity index (χ1v) is 9.59. The Hall–Kier alpha value is -3.35. The highest BCUT2D eigenvalue weighted by Gasteiger charge is 2.24. The van der Waals surface area contributed by atoms with Crippen molar-refractivity contribution in [2.24, 2.45) is 0 Å². The van der Waals surface area contributed by atoms with E-state index in [1.807, 2.05) is 30.3 Å². The van der Waals surface area contributed by atoms with Crippen molar-refractivity contribution in [2.45, 2.75) is 6.10 Å². The Bertz CT molecular complexity index is 1220. The summed E-state index contributed by atoms with van der Waals surface area (Å²) in [6.07, 6.45) is -1.11. The fraction of sp³-hybridized carbons (Fsp3) is 0.130. The number of pyridine rings is 1. The molecule has 152 valence electrons. The van der Waals surface area contributed by atoms with Gasteiger partial charge in [-0.05, 0) is 29.8 Å². The number of nitrogens with zero attached hydrogens (tertiary/aromatic N) is 1. The third-order valence-corrected chi connectivity index (χ3v) is 5.19. The van der Waals surface area contributed by atoms with Gasteiger partial charge in [0.2, 0.25) is 0 Å². The van der Waals surface area contributed by atoms with E-state index >= 15 is 0 Å². The Balaban J connectivity index is 1.95. The minimum absolute atomic E-state index is 0.121. The lowest BCUT2D eigenvalue weighted by molar-refractivity contribution is 0.0593. The second-order valence-corrected chi connectivity index (χ2v) is 7.06. The first kappa shape index (κ1) is 19.9. The van der Waals surface area contributed by atoms with Crippen LogP contribution in [0.25, 0.3) is 22.2 Å². The number of fused-ring (bicyclic) bond motifs is 1. The Morgan fingerprint density at radius 1 is 1.10 bits per heavy atom. The molecule has 6 nitrogen and oxygen atoms in total. The largest absolute Gasteiger partial charge is 0.495 e. The van der Waals surface area contributed by atoms with E-state index in [1.165, 1.54) is 20.3 Å². The third kappa shape index (κ3) is 3.51. The molecule has 0 aliphatic heterocycles. The molecule has 2 N–H and O–H groups in total. The number of methoxy groups -OCH3 is 2. The van der Waals surface area contributed by atoms with Crippen LogP contribution in [0.2, 0.25) is 5.02 Å². The van der Waals surface area contributed by atoms with Gasteiger partial charge in [-0.3, -0.25) is 0 Å². The first-order chi connectivity index (χ1) is 14.5. The van der Waals surface area contributed by atoms with E-state index in [0.717, 1.165) is 22.2 Å². The fourth-order valence-electron chi connectivity index (χ4n) is 3.46. The lowest BCUT2D eigenvalue weighted by Gasteiger charge is -2.14. The van der Waals surface area contributed by atoms with Gasteiger partial charge in [-0.15, -0.1) is 0 Å². The van der Waals surface area contributed by atoms with Gasteiger partial charge in [0.05, 0.1) is 30.6 Å². The van der Waals surface area contributed by atoms with Crippen LogP contribution in [-0.4, -0.2) is 35.3 Å². The zero-order valence-electron chi connectivity index (χ0n) is 16.3. The van der Waals surface area contributed by atoms with Crippen molar-refractivity contribution in [3.8, 4) is 17.0 Å². The number of aromatic nitrogens is 2. The van der Waals surface area contributed by atoms with Crippen LogP contribution in [0.3, 0.4) is 0 Å². The Labute approximate surface area is 178 Å². The van der Waals surface area contributed by atoms with Gasteiger partial charge in [-0.2, -0.15) is 0 Å². The highest BCUT2D eigenvalue weighted by atomic mass is 35.5. The fourth-order valence-corrected chi connectivity index (χ4v) is 3.70. The number of rotatable bonds is 5. The number of nitrogens with one attached hydrogen (secondary N) is 1. The summed E-state index contributed by atoms with van der Waals surface area (Å²) in [6.45, 7) is 0. The van der Waals surface area contributed by atoms with Crippen LogP contribution in [0.5, 0.6) is 5.75 Å². The zero-order valence-corrected chi connectivity index (χ0v) is 17.1.